The third-order valence-electron chi connectivity index (χ3n) is 4.70. The van der Waals surface area contributed by atoms with E-state index in [1.807, 2.05) is 0 Å². The Morgan fingerprint density at radius 3 is 2.66 bits per heavy atom. The Morgan fingerprint density at radius 1 is 1.16 bits per heavy atom. The first-order valence-electron chi connectivity index (χ1n) is 9.86. The normalized spacial score (nSPS) is 11.5. The lowest BCUT2D eigenvalue weighted by Gasteiger charge is -2.11. The number of aliphatic hydroxyl groups is 1. The number of anilines is 1. The molecular weight excluding hydrogens is 439 g/mol. The van der Waals surface area contributed by atoms with E-state index in [1.54, 1.807) is 24.1 Å². The molecule has 0 spiro atoms. The first kappa shape index (κ1) is 23.5. The Bertz CT molecular complexity index is 1200. The Balaban J connectivity index is 1.65. The van der Waals surface area contributed by atoms with Crippen LogP contribution in [0.2, 0.25) is 0 Å². The van der Waals surface area contributed by atoms with Crippen LogP contribution in [-0.2, 0) is 30.2 Å². The minimum atomic E-state index is -3.75. The number of aryl methyl sites for hydroxylation is 2. The molecule has 0 amide bonds. The Hall–Kier alpha value is -3.18. The van der Waals surface area contributed by atoms with Gasteiger partial charge >= 0.3 is 10.1 Å². The highest BCUT2D eigenvalue weighted by atomic mass is 32.2. The summed E-state index contributed by atoms with van der Waals surface area (Å²) >= 11 is 0. The van der Waals surface area contributed by atoms with Gasteiger partial charge in [0.1, 0.15) is 11.6 Å². The molecule has 0 saturated carbocycles. The van der Waals surface area contributed by atoms with Gasteiger partial charge in [0.25, 0.3) is 0 Å². The average Bonchev–Trinajstić information content (AvgIpc) is 3.09. The van der Waals surface area contributed by atoms with Crippen LogP contribution in [0.25, 0.3) is 11.3 Å². The summed E-state index contributed by atoms with van der Waals surface area (Å²) in [6, 6.07) is 5.57. The summed E-state index contributed by atoms with van der Waals surface area (Å²) < 4.78 is 48.5. The second-order valence-electron chi connectivity index (χ2n) is 7.25. The molecule has 0 saturated heterocycles. The van der Waals surface area contributed by atoms with E-state index in [-0.39, 0.29) is 18.2 Å². The molecule has 0 atom stereocenters. The summed E-state index contributed by atoms with van der Waals surface area (Å²) in [6.45, 7) is 0.108. The highest BCUT2D eigenvalue weighted by Gasteiger charge is 2.16. The van der Waals surface area contributed by atoms with E-state index in [0.717, 1.165) is 30.4 Å². The predicted octanol–water partition coefficient (Wildman–Crippen LogP) is 2.44. The number of nitrogen functional groups attached to an aromatic ring is 1. The van der Waals surface area contributed by atoms with Crippen molar-refractivity contribution < 1.29 is 26.8 Å². The molecule has 1 aromatic carbocycles. The van der Waals surface area contributed by atoms with E-state index >= 15 is 0 Å². The zero-order chi connectivity index (χ0) is 23.3. The number of pyridine rings is 1. The minimum Gasteiger partial charge on any atom is -0.493 e. The molecule has 3 aromatic rings. The number of halogens is 1. The topological polar surface area (TPSA) is 130 Å². The van der Waals surface area contributed by atoms with E-state index in [1.165, 1.54) is 24.3 Å². The number of benzene rings is 1. The molecule has 32 heavy (non-hydrogen) atoms. The molecule has 11 heteroatoms. The number of aromatic nitrogens is 3. The number of hydrogen-bond donors (Lipinski definition) is 2. The van der Waals surface area contributed by atoms with Crippen LogP contribution in [0.4, 0.5) is 10.2 Å². The standard InChI is InChI=1S/C21H25FN4O5S/c1-26-20(15-10-19(21(23)24-11-15)31-32(2,28)29)14(12-25-26)5-3-4-8-30-18-7-6-17(22)9-16(18)13-27/h6-7,9-12,27H,3-5,8,13H2,1-2H3,(H2,23,24). The number of rotatable bonds is 10. The third-order valence-corrected chi connectivity index (χ3v) is 5.18. The average molecular weight is 465 g/mol. The summed E-state index contributed by atoms with van der Waals surface area (Å²) in [6.07, 6.45) is 6.41. The van der Waals surface area contributed by atoms with Gasteiger partial charge < -0.3 is 19.8 Å². The lowest BCUT2D eigenvalue weighted by molar-refractivity contribution is 0.259. The zero-order valence-corrected chi connectivity index (χ0v) is 18.6. The van der Waals surface area contributed by atoms with Gasteiger partial charge in [-0.15, -0.1) is 0 Å². The molecule has 172 valence electrons. The van der Waals surface area contributed by atoms with Crippen LogP contribution in [0.15, 0.2) is 36.7 Å². The van der Waals surface area contributed by atoms with Crippen molar-refractivity contribution in [2.24, 2.45) is 7.05 Å². The minimum absolute atomic E-state index is 0.0249. The number of ether oxygens (including phenoxy) is 1. The Morgan fingerprint density at radius 2 is 1.94 bits per heavy atom. The third kappa shape index (κ3) is 5.95. The van der Waals surface area contributed by atoms with E-state index < -0.39 is 15.9 Å². The fraction of sp³-hybridized carbons (Fsp3) is 0.333. The zero-order valence-electron chi connectivity index (χ0n) is 17.8. The van der Waals surface area contributed by atoms with Crippen LogP contribution < -0.4 is 14.7 Å². The maximum Gasteiger partial charge on any atom is 0.306 e. The van der Waals surface area contributed by atoms with Crippen LogP contribution in [0.5, 0.6) is 11.5 Å². The molecule has 2 heterocycles. The Labute approximate surface area is 185 Å². The fourth-order valence-corrected chi connectivity index (χ4v) is 3.72. The van der Waals surface area contributed by atoms with Gasteiger partial charge in [0, 0.05) is 24.4 Å². The molecule has 0 aliphatic carbocycles. The molecule has 2 aromatic heterocycles. The number of unbranched alkanes of at least 4 members (excludes halogenated alkanes) is 1. The lowest BCUT2D eigenvalue weighted by atomic mass is 10.0. The smallest absolute Gasteiger partial charge is 0.306 e. The summed E-state index contributed by atoms with van der Waals surface area (Å²) in [7, 11) is -1.97. The lowest BCUT2D eigenvalue weighted by Crippen LogP contribution is -2.09. The maximum absolute atomic E-state index is 13.2. The van der Waals surface area contributed by atoms with Crippen molar-refractivity contribution in [1.29, 1.82) is 0 Å². The predicted molar refractivity (Wildman–Crippen MR) is 117 cm³/mol. The van der Waals surface area contributed by atoms with Crippen molar-refractivity contribution in [3.05, 3.63) is 53.6 Å². The van der Waals surface area contributed by atoms with Gasteiger partial charge in [-0.2, -0.15) is 13.5 Å². The highest BCUT2D eigenvalue weighted by molar-refractivity contribution is 7.86. The number of nitrogens with zero attached hydrogens (tertiary/aromatic N) is 3. The molecule has 9 nitrogen and oxygen atoms in total. The molecule has 0 unspecified atom stereocenters. The molecule has 3 N–H and O–H groups in total. The molecule has 0 radical (unpaired) electrons. The molecule has 0 bridgehead atoms. The van der Waals surface area contributed by atoms with Crippen LogP contribution >= 0.6 is 0 Å². The van der Waals surface area contributed by atoms with Gasteiger partial charge in [-0.25, -0.2) is 9.37 Å². The summed E-state index contributed by atoms with van der Waals surface area (Å²) in [5, 5.41) is 13.6. The maximum atomic E-state index is 13.2. The van der Waals surface area contributed by atoms with Gasteiger partial charge in [-0.3, -0.25) is 4.68 Å². The van der Waals surface area contributed by atoms with Gasteiger partial charge in [-0.05, 0) is 49.1 Å². The highest BCUT2D eigenvalue weighted by Crippen LogP contribution is 2.30. The monoisotopic (exact) mass is 464 g/mol. The van der Waals surface area contributed by atoms with Crippen LogP contribution in [0, 0.1) is 5.82 Å². The second kappa shape index (κ2) is 9.96. The van der Waals surface area contributed by atoms with Crippen LogP contribution in [0.3, 0.4) is 0 Å². The van der Waals surface area contributed by atoms with Crippen molar-refractivity contribution >= 4 is 15.9 Å². The van der Waals surface area contributed by atoms with Gasteiger partial charge in [0.15, 0.2) is 11.6 Å². The largest absolute Gasteiger partial charge is 0.493 e. The van der Waals surface area contributed by atoms with Crippen molar-refractivity contribution in [2.45, 2.75) is 25.9 Å². The van der Waals surface area contributed by atoms with E-state index in [0.29, 0.717) is 29.9 Å². The molecular formula is C21H25FN4O5S. The van der Waals surface area contributed by atoms with Crippen molar-refractivity contribution in [3.8, 4) is 22.8 Å². The number of nitrogens with two attached hydrogens (primary N) is 1. The molecule has 0 aliphatic heterocycles. The van der Waals surface area contributed by atoms with Gasteiger partial charge in [-0.1, -0.05) is 0 Å². The van der Waals surface area contributed by atoms with Gasteiger partial charge in [0.2, 0.25) is 0 Å². The quantitative estimate of drug-likeness (QED) is 0.346. The van der Waals surface area contributed by atoms with E-state index in [4.69, 9.17) is 14.7 Å². The molecule has 0 fully saturated rings. The van der Waals surface area contributed by atoms with E-state index in [9.17, 15) is 17.9 Å². The van der Waals surface area contributed by atoms with Gasteiger partial charge in [0.05, 0.1) is 31.4 Å². The van der Waals surface area contributed by atoms with Crippen molar-refractivity contribution in [3.63, 3.8) is 0 Å². The number of aliphatic hydroxyl groups excluding tert-OH is 1. The Kier molecular flexibility index (Phi) is 7.31. The second-order valence-corrected chi connectivity index (χ2v) is 8.83. The number of hydrogen-bond acceptors (Lipinski definition) is 8. The van der Waals surface area contributed by atoms with Crippen molar-refractivity contribution in [2.75, 3.05) is 18.6 Å². The summed E-state index contributed by atoms with van der Waals surface area (Å²) in [5.41, 5.74) is 8.50. The summed E-state index contributed by atoms with van der Waals surface area (Å²) in [5.74, 6) is -0.0253. The summed E-state index contributed by atoms with van der Waals surface area (Å²) in [4.78, 5) is 4.05. The SMILES string of the molecule is Cn1ncc(CCCCOc2ccc(F)cc2CO)c1-c1cnc(N)c(OS(C)(=O)=O)c1. The molecule has 3 rings (SSSR count). The van der Waals surface area contributed by atoms with Crippen molar-refractivity contribution in [1.82, 2.24) is 14.8 Å². The fourth-order valence-electron chi connectivity index (χ4n) is 3.26. The van der Waals surface area contributed by atoms with Crippen LogP contribution in [-0.4, -0.2) is 41.2 Å². The first-order chi connectivity index (χ1) is 15.2. The molecule has 0 aliphatic rings. The van der Waals surface area contributed by atoms with Crippen LogP contribution in [0.1, 0.15) is 24.0 Å². The van der Waals surface area contributed by atoms with E-state index in [2.05, 4.69) is 10.1 Å². The first-order valence-corrected chi connectivity index (χ1v) is 11.7.